The predicted molar refractivity (Wildman–Crippen MR) is 90.9 cm³/mol. The fraction of sp³-hybridized carbons (Fsp3) is 0.250. The van der Waals surface area contributed by atoms with Crippen LogP contribution in [0.5, 0.6) is 5.75 Å². The van der Waals surface area contributed by atoms with Gasteiger partial charge >= 0.3 is 0 Å². The Kier molecular flexibility index (Phi) is 5.40. The minimum Gasteiger partial charge on any atom is -0.491 e. The van der Waals surface area contributed by atoms with E-state index < -0.39 is 14.9 Å². The number of rotatable bonds is 7. The van der Waals surface area contributed by atoms with Gasteiger partial charge in [0.15, 0.2) is 0 Å². The van der Waals surface area contributed by atoms with E-state index in [1.807, 2.05) is 6.92 Å². The first-order chi connectivity index (χ1) is 11.3. The molecule has 0 spiro atoms. The van der Waals surface area contributed by atoms with E-state index in [-0.39, 0.29) is 16.3 Å². The van der Waals surface area contributed by atoms with E-state index in [9.17, 15) is 18.5 Å². The first-order valence-corrected chi connectivity index (χ1v) is 8.83. The third-order valence-corrected chi connectivity index (χ3v) is 4.77. The van der Waals surface area contributed by atoms with Crippen molar-refractivity contribution in [3.05, 3.63) is 58.1 Å². The van der Waals surface area contributed by atoms with Crippen LogP contribution in [-0.2, 0) is 10.0 Å². The van der Waals surface area contributed by atoms with E-state index >= 15 is 0 Å². The average molecular weight is 350 g/mol. The minimum atomic E-state index is -3.98. The monoisotopic (exact) mass is 350 g/mol. The molecule has 24 heavy (non-hydrogen) atoms. The Morgan fingerprint density at radius 3 is 2.58 bits per heavy atom. The third kappa shape index (κ3) is 4.02. The Morgan fingerprint density at radius 2 is 1.92 bits per heavy atom. The standard InChI is InChI=1S/C16H18N2O5S/c1-3-10-23-15-7-5-4-6-14(15)17-24(21,22)16-11-13(18(19)20)9-8-12(16)2/h4-9,11,17H,3,10H2,1-2H3. The lowest BCUT2D eigenvalue weighted by atomic mass is 10.2. The molecule has 0 saturated carbocycles. The summed E-state index contributed by atoms with van der Waals surface area (Å²) in [7, 11) is -3.98. The molecule has 8 heteroatoms. The summed E-state index contributed by atoms with van der Waals surface area (Å²) in [5.41, 5.74) is 0.424. The maximum Gasteiger partial charge on any atom is 0.270 e. The average Bonchev–Trinajstić information content (AvgIpc) is 2.53. The number of hydrogen-bond acceptors (Lipinski definition) is 5. The summed E-state index contributed by atoms with van der Waals surface area (Å²) in [5, 5.41) is 10.9. The highest BCUT2D eigenvalue weighted by Crippen LogP contribution is 2.29. The van der Waals surface area contributed by atoms with Crippen molar-refractivity contribution >= 4 is 21.4 Å². The molecule has 0 bridgehead atoms. The summed E-state index contributed by atoms with van der Waals surface area (Å²) < 4.78 is 33.2. The Bertz CT molecular complexity index is 849. The quantitative estimate of drug-likeness (QED) is 0.609. The summed E-state index contributed by atoms with van der Waals surface area (Å²) in [6.07, 6.45) is 0.783. The smallest absolute Gasteiger partial charge is 0.270 e. The molecule has 0 saturated heterocycles. The van der Waals surface area contributed by atoms with Crippen LogP contribution >= 0.6 is 0 Å². The largest absolute Gasteiger partial charge is 0.491 e. The van der Waals surface area contributed by atoms with Gasteiger partial charge in [0.2, 0.25) is 0 Å². The number of benzene rings is 2. The molecule has 7 nitrogen and oxygen atoms in total. The highest BCUT2D eigenvalue weighted by molar-refractivity contribution is 7.92. The highest BCUT2D eigenvalue weighted by atomic mass is 32.2. The van der Waals surface area contributed by atoms with Crippen LogP contribution in [0, 0.1) is 17.0 Å². The van der Waals surface area contributed by atoms with Gasteiger partial charge in [-0.05, 0) is 31.0 Å². The van der Waals surface area contributed by atoms with Crippen LogP contribution < -0.4 is 9.46 Å². The molecule has 2 aromatic rings. The van der Waals surface area contributed by atoms with Gasteiger partial charge in [-0.1, -0.05) is 25.1 Å². The molecule has 0 unspecified atom stereocenters. The summed E-state index contributed by atoms with van der Waals surface area (Å²) in [6.45, 7) is 3.98. The lowest BCUT2D eigenvalue weighted by Gasteiger charge is -2.14. The van der Waals surface area contributed by atoms with Crippen molar-refractivity contribution in [2.45, 2.75) is 25.2 Å². The summed E-state index contributed by atoms with van der Waals surface area (Å²) >= 11 is 0. The van der Waals surface area contributed by atoms with Crippen LogP contribution in [0.25, 0.3) is 0 Å². The van der Waals surface area contributed by atoms with Crippen LogP contribution in [0.1, 0.15) is 18.9 Å². The number of hydrogen-bond donors (Lipinski definition) is 1. The van der Waals surface area contributed by atoms with Crippen molar-refractivity contribution in [2.75, 3.05) is 11.3 Å². The maximum atomic E-state index is 12.6. The summed E-state index contributed by atoms with van der Waals surface area (Å²) in [6, 6.07) is 10.4. The number of nitrogens with one attached hydrogen (secondary N) is 1. The van der Waals surface area contributed by atoms with E-state index in [2.05, 4.69) is 4.72 Å². The van der Waals surface area contributed by atoms with Crippen molar-refractivity contribution in [1.82, 2.24) is 0 Å². The second kappa shape index (κ2) is 7.31. The first-order valence-electron chi connectivity index (χ1n) is 7.35. The number of aryl methyl sites for hydroxylation is 1. The lowest BCUT2D eigenvalue weighted by Crippen LogP contribution is -2.15. The van der Waals surface area contributed by atoms with Gasteiger partial charge in [-0.25, -0.2) is 8.42 Å². The van der Waals surface area contributed by atoms with Gasteiger partial charge in [0.25, 0.3) is 15.7 Å². The zero-order valence-electron chi connectivity index (χ0n) is 13.4. The molecule has 0 heterocycles. The number of nitro groups is 1. The fourth-order valence-corrected chi connectivity index (χ4v) is 3.42. The number of sulfonamides is 1. The molecule has 0 aliphatic rings. The maximum absolute atomic E-state index is 12.6. The van der Waals surface area contributed by atoms with Crippen molar-refractivity contribution in [3.8, 4) is 5.75 Å². The van der Waals surface area contributed by atoms with E-state index in [0.29, 0.717) is 17.9 Å². The molecule has 0 atom stereocenters. The van der Waals surface area contributed by atoms with Crippen LogP contribution in [0.15, 0.2) is 47.4 Å². The molecule has 0 aliphatic carbocycles. The van der Waals surface area contributed by atoms with Crippen molar-refractivity contribution in [1.29, 1.82) is 0 Å². The van der Waals surface area contributed by atoms with Gasteiger partial charge in [0.1, 0.15) is 5.75 Å². The van der Waals surface area contributed by atoms with Gasteiger partial charge in [-0.3, -0.25) is 14.8 Å². The van der Waals surface area contributed by atoms with Crippen LogP contribution in [0.4, 0.5) is 11.4 Å². The number of anilines is 1. The molecule has 0 fully saturated rings. The first kappa shape index (κ1) is 17.7. The van der Waals surface area contributed by atoms with Crippen molar-refractivity contribution in [2.24, 2.45) is 0 Å². The zero-order valence-corrected chi connectivity index (χ0v) is 14.2. The third-order valence-electron chi connectivity index (χ3n) is 3.27. The van der Waals surface area contributed by atoms with E-state index in [1.54, 1.807) is 31.2 Å². The van der Waals surface area contributed by atoms with Gasteiger partial charge in [0, 0.05) is 12.1 Å². The highest BCUT2D eigenvalue weighted by Gasteiger charge is 2.21. The summed E-state index contributed by atoms with van der Waals surface area (Å²) in [5.74, 6) is 0.408. The Labute approximate surface area is 140 Å². The topological polar surface area (TPSA) is 98.5 Å². The predicted octanol–water partition coefficient (Wildman–Crippen LogP) is 3.49. The molecular weight excluding hydrogens is 332 g/mol. The van der Waals surface area contributed by atoms with Gasteiger partial charge in [0.05, 0.1) is 22.1 Å². The molecule has 0 aliphatic heterocycles. The normalized spacial score (nSPS) is 11.1. The van der Waals surface area contributed by atoms with Gasteiger partial charge in [-0.15, -0.1) is 0 Å². The van der Waals surface area contributed by atoms with Gasteiger partial charge < -0.3 is 4.74 Å². The molecule has 2 rings (SSSR count). The number of ether oxygens (including phenoxy) is 1. The van der Waals surface area contributed by atoms with Crippen LogP contribution in [-0.4, -0.2) is 19.9 Å². The Morgan fingerprint density at radius 1 is 1.21 bits per heavy atom. The number of nitrogens with zero attached hydrogens (tertiary/aromatic N) is 1. The molecule has 0 aromatic heterocycles. The number of para-hydroxylation sites is 2. The molecular formula is C16H18N2O5S. The van der Waals surface area contributed by atoms with Crippen molar-refractivity contribution in [3.63, 3.8) is 0 Å². The SMILES string of the molecule is CCCOc1ccccc1NS(=O)(=O)c1cc([N+](=O)[O-])ccc1C. The molecule has 128 valence electrons. The van der Waals surface area contributed by atoms with Crippen molar-refractivity contribution < 1.29 is 18.1 Å². The summed E-state index contributed by atoms with van der Waals surface area (Å²) in [4.78, 5) is 10.1. The Hall–Kier alpha value is -2.61. The van der Waals surface area contributed by atoms with Crippen LogP contribution in [0.3, 0.4) is 0 Å². The van der Waals surface area contributed by atoms with E-state index in [1.165, 1.54) is 12.1 Å². The zero-order chi connectivity index (χ0) is 17.7. The second-order valence-electron chi connectivity index (χ2n) is 5.16. The molecule has 2 aromatic carbocycles. The van der Waals surface area contributed by atoms with E-state index in [0.717, 1.165) is 12.5 Å². The molecule has 0 radical (unpaired) electrons. The van der Waals surface area contributed by atoms with E-state index in [4.69, 9.17) is 4.74 Å². The molecule has 1 N–H and O–H groups in total. The Balaban J connectivity index is 2.39. The number of nitro benzene ring substituents is 1. The minimum absolute atomic E-state index is 0.137. The lowest BCUT2D eigenvalue weighted by molar-refractivity contribution is -0.385. The second-order valence-corrected chi connectivity index (χ2v) is 6.81. The molecule has 0 amide bonds. The van der Waals surface area contributed by atoms with Gasteiger partial charge in [-0.2, -0.15) is 0 Å². The number of non-ortho nitro benzene ring substituents is 1. The van der Waals surface area contributed by atoms with Crippen LogP contribution in [0.2, 0.25) is 0 Å². The fourth-order valence-electron chi connectivity index (χ4n) is 2.08.